The lowest BCUT2D eigenvalue weighted by Gasteiger charge is -2.36. The van der Waals surface area contributed by atoms with Crippen molar-refractivity contribution >= 4 is 23.3 Å². The minimum absolute atomic E-state index is 0.226. The van der Waals surface area contributed by atoms with Crippen LogP contribution >= 0.6 is 11.8 Å². The van der Waals surface area contributed by atoms with Crippen molar-refractivity contribution in [2.24, 2.45) is 4.99 Å². The average molecular weight is 424 g/mol. The molecule has 1 heterocycles. The molecule has 154 valence electrons. The summed E-state index contributed by atoms with van der Waals surface area (Å²) in [7, 11) is 3.16. The fourth-order valence-electron chi connectivity index (χ4n) is 3.50. The highest BCUT2D eigenvalue weighted by Crippen LogP contribution is 2.33. The van der Waals surface area contributed by atoms with Gasteiger partial charge in [-0.15, -0.1) is 0 Å². The molecule has 1 aliphatic heterocycles. The first-order valence-electron chi connectivity index (χ1n) is 9.45. The number of ether oxygens (including phenoxy) is 2. The van der Waals surface area contributed by atoms with Gasteiger partial charge in [0.15, 0.2) is 17.7 Å². The molecule has 4 rings (SSSR count). The summed E-state index contributed by atoms with van der Waals surface area (Å²) in [6.07, 6.45) is -0.969. The van der Waals surface area contributed by atoms with E-state index >= 15 is 0 Å². The third-order valence-corrected chi connectivity index (χ3v) is 5.21. The number of hydrogen-bond donors (Lipinski definition) is 1. The van der Waals surface area contributed by atoms with Crippen LogP contribution in [0.1, 0.15) is 11.8 Å². The first-order chi connectivity index (χ1) is 14.6. The molecule has 1 unspecified atom stereocenters. The molecular formula is C23H22ClN3O3. The van der Waals surface area contributed by atoms with Gasteiger partial charge >= 0.3 is 0 Å². The van der Waals surface area contributed by atoms with Crippen molar-refractivity contribution < 1.29 is 14.6 Å². The number of rotatable bonds is 6. The zero-order chi connectivity index (χ0) is 21.1. The molecule has 0 aromatic heterocycles. The van der Waals surface area contributed by atoms with Gasteiger partial charge in [-0.1, -0.05) is 48.5 Å². The molecular weight excluding hydrogens is 402 g/mol. The van der Waals surface area contributed by atoms with E-state index in [4.69, 9.17) is 21.3 Å². The summed E-state index contributed by atoms with van der Waals surface area (Å²) in [5, 5.41) is 12.8. The van der Waals surface area contributed by atoms with E-state index in [0.717, 1.165) is 16.5 Å². The molecule has 30 heavy (non-hydrogen) atoms. The van der Waals surface area contributed by atoms with Crippen molar-refractivity contribution in [1.29, 1.82) is 0 Å². The van der Waals surface area contributed by atoms with Crippen LogP contribution in [0.5, 0.6) is 11.5 Å². The van der Waals surface area contributed by atoms with Crippen LogP contribution in [0.2, 0.25) is 0 Å². The van der Waals surface area contributed by atoms with Crippen LogP contribution < -0.4 is 24.9 Å². The number of fused-ring (bicyclic) bond motifs is 1. The molecule has 0 spiro atoms. The maximum atomic E-state index is 11.4. The lowest BCUT2D eigenvalue weighted by molar-refractivity contribution is 0.181. The summed E-state index contributed by atoms with van der Waals surface area (Å²) in [5.41, 5.74) is 1.53. The monoisotopic (exact) mass is 423 g/mol. The minimum Gasteiger partial charge on any atom is -0.493 e. The number of aliphatic hydroxyl groups excluding tert-OH is 1. The zero-order valence-corrected chi connectivity index (χ0v) is 17.5. The van der Waals surface area contributed by atoms with E-state index in [2.05, 4.69) is 4.99 Å². The smallest absolute Gasteiger partial charge is 0.162 e. The second kappa shape index (κ2) is 8.65. The average Bonchev–Trinajstić information content (AvgIpc) is 2.81. The van der Waals surface area contributed by atoms with E-state index in [-0.39, 0.29) is 6.67 Å². The maximum absolute atomic E-state index is 11.4. The number of methoxy groups -OCH3 is 2. The lowest BCUT2D eigenvalue weighted by atomic mass is 10.1. The largest absolute Gasteiger partial charge is 0.493 e. The minimum atomic E-state index is -0.969. The van der Waals surface area contributed by atoms with Crippen molar-refractivity contribution in [3.63, 3.8) is 0 Å². The Kier molecular flexibility index (Phi) is 5.79. The zero-order valence-electron chi connectivity index (χ0n) is 16.7. The molecule has 6 nitrogen and oxygen atoms in total. The predicted octanol–water partition coefficient (Wildman–Crippen LogP) is 3.01. The highest BCUT2D eigenvalue weighted by molar-refractivity contribution is 6.17. The molecule has 0 radical (unpaired) electrons. The summed E-state index contributed by atoms with van der Waals surface area (Å²) < 4.78 is 12.4. The van der Waals surface area contributed by atoms with Gasteiger partial charge in [0.2, 0.25) is 0 Å². The van der Waals surface area contributed by atoms with Gasteiger partial charge in [-0.05, 0) is 18.2 Å². The third kappa shape index (κ3) is 3.67. The van der Waals surface area contributed by atoms with E-state index in [1.165, 1.54) is 4.42 Å². The van der Waals surface area contributed by atoms with Crippen LogP contribution in [0.15, 0.2) is 77.8 Å². The normalized spacial score (nSPS) is 13.9. The summed E-state index contributed by atoms with van der Waals surface area (Å²) in [6, 6.07) is 22.7. The van der Waals surface area contributed by atoms with Gasteiger partial charge in [0.25, 0.3) is 0 Å². The highest BCUT2D eigenvalue weighted by atomic mass is 35.5. The van der Waals surface area contributed by atoms with Crippen molar-refractivity contribution in [1.82, 2.24) is 4.42 Å². The van der Waals surface area contributed by atoms with Gasteiger partial charge in [-0.3, -0.25) is 9.89 Å². The number of benzene rings is 3. The molecule has 1 aliphatic rings. The van der Waals surface area contributed by atoms with E-state index in [9.17, 15) is 5.11 Å². The summed E-state index contributed by atoms with van der Waals surface area (Å²) in [4.78, 5) is 6.34. The number of hydrogen-bond acceptors (Lipinski definition) is 6. The summed E-state index contributed by atoms with van der Waals surface area (Å²) in [5.74, 6) is 1.74. The lowest BCUT2D eigenvalue weighted by Crippen LogP contribution is -2.45. The quantitative estimate of drug-likeness (QED) is 0.488. The van der Waals surface area contributed by atoms with Gasteiger partial charge < -0.3 is 14.6 Å². The number of anilines is 1. The van der Waals surface area contributed by atoms with Gasteiger partial charge in [-0.2, -0.15) is 0 Å². The molecule has 0 fully saturated rings. The van der Waals surface area contributed by atoms with E-state index in [1.807, 2.05) is 72.8 Å². The Bertz CT molecular complexity index is 1140. The molecule has 1 atom stereocenters. The number of nitrogens with zero attached hydrogens (tertiary/aromatic N) is 3. The van der Waals surface area contributed by atoms with Crippen LogP contribution in [-0.4, -0.2) is 30.4 Å². The Hall–Kier alpha value is -3.22. The molecule has 7 heteroatoms. The van der Waals surface area contributed by atoms with Crippen molar-refractivity contribution in [2.45, 2.75) is 6.23 Å². The Labute approximate surface area is 180 Å². The topological polar surface area (TPSA) is 57.5 Å². The van der Waals surface area contributed by atoms with Crippen molar-refractivity contribution in [3.8, 4) is 11.5 Å². The Balaban J connectivity index is 2.01. The van der Waals surface area contributed by atoms with Gasteiger partial charge in [-0.25, -0.2) is 4.42 Å². The fourth-order valence-corrected chi connectivity index (χ4v) is 3.73. The SMILES string of the molecule is COc1cc2c(cc1OC)=C(N(c1ccccc1)C(O)c1ccccc1)N(Cl)CN=2. The van der Waals surface area contributed by atoms with Crippen LogP contribution in [0.4, 0.5) is 5.69 Å². The Morgan fingerprint density at radius 1 is 0.967 bits per heavy atom. The number of halogens is 1. The first kappa shape index (κ1) is 20.1. The molecule has 1 N–H and O–H groups in total. The Morgan fingerprint density at radius 3 is 2.20 bits per heavy atom. The van der Waals surface area contributed by atoms with Crippen molar-refractivity contribution in [2.75, 3.05) is 25.8 Å². The molecule has 0 amide bonds. The third-order valence-electron chi connectivity index (χ3n) is 4.94. The van der Waals surface area contributed by atoms with Crippen LogP contribution in [0, 0.1) is 0 Å². The van der Waals surface area contributed by atoms with Crippen LogP contribution in [0.3, 0.4) is 0 Å². The second-order valence-corrected chi connectivity index (χ2v) is 7.11. The standard InChI is InChI=1S/C23H22ClN3O3/c1-29-20-13-18-19(14-21(20)30-2)25-15-26(24)22(18)27(17-11-7-4-8-12-17)23(28)16-9-5-3-6-10-16/h3-14,23,28H,15H2,1-2H3. The van der Waals surface area contributed by atoms with E-state index < -0.39 is 6.23 Å². The summed E-state index contributed by atoms with van der Waals surface area (Å²) in [6.45, 7) is 0.226. The van der Waals surface area contributed by atoms with Crippen molar-refractivity contribution in [3.05, 3.63) is 88.9 Å². The van der Waals surface area contributed by atoms with Gasteiger partial charge in [0, 0.05) is 34.3 Å². The molecule has 0 saturated carbocycles. The number of aliphatic hydroxyl groups is 1. The first-order valence-corrected chi connectivity index (χ1v) is 9.79. The van der Waals surface area contributed by atoms with Gasteiger partial charge in [0.1, 0.15) is 12.5 Å². The molecule has 0 bridgehead atoms. The molecule has 3 aromatic carbocycles. The number of para-hydroxylation sites is 1. The Morgan fingerprint density at radius 2 is 1.57 bits per heavy atom. The summed E-state index contributed by atoms with van der Waals surface area (Å²) >= 11 is 6.63. The highest BCUT2D eigenvalue weighted by Gasteiger charge is 2.28. The van der Waals surface area contributed by atoms with Gasteiger partial charge in [0.05, 0.1) is 19.6 Å². The molecule has 0 saturated heterocycles. The van der Waals surface area contributed by atoms with E-state index in [0.29, 0.717) is 22.7 Å². The molecule has 0 aliphatic carbocycles. The second-order valence-electron chi connectivity index (χ2n) is 6.70. The van der Waals surface area contributed by atoms with Crippen LogP contribution in [-0.2, 0) is 0 Å². The maximum Gasteiger partial charge on any atom is 0.162 e. The van der Waals surface area contributed by atoms with E-state index in [1.54, 1.807) is 19.1 Å². The predicted molar refractivity (Wildman–Crippen MR) is 117 cm³/mol. The fraction of sp³-hybridized carbons (Fsp3) is 0.174. The van der Waals surface area contributed by atoms with Crippen LogP contribution in [0.25, 0.3) is 5.82 Å². The molecule has 3 aromatic rings.